The first-order valence-electron chi connectivity index (χ1n) is 5.95. The van der Waals surface area contributed by atoms with Crippen molar-refractivity contribution in [2.24, 2.45) is 5.41 Å². The van der Waals surface area contributed by atoms with Gasteiger partial charge in [0.25, 0.3) is 0 Å². The van der Waals surface area contributed by atoms with Crippen LogP contribution >= 0.6 is 0 Å². The first-order chi connectivity index (χ1) is 8.39. The molecule has 0 aromatic carbocycles. The Morgan fingerprint density at radius 1 is 1.44 bits per heavy atom. The van der Waals surface area contributed by atoms with E-state index in [-0.39, 0.29) is 31.4 Å². The van der Waals surface area contributed by atoms with E-state index in [1.807, 2.05) is 0 Å². The third-order valence-corrected chi connectivity index (χ3v) is 2.90. The van der Waals surface area contributed by atoms with E-state index < -0.39 is 11.4 Å². The highest BCUT2D eigenvalue weighted by Crippen LogP contribution is 2.20. The molecule has 6 heteroatoms. The largest absolute Gasteiger partial charge is 0.465 e. The minimum atomic E-state index is -1.23. The van der Waals surface area contributed by atoms with E-state index in [2.05, 4.69) is 0 Å². The van der Waals surface area contributed by atoms with Gasteiger partial charge in [-0.25, -0.2) is 0 Å². The molecule has 1 saturated heterocycles. The summed E-state index contributed by atoms with van der Waals surface area (Å²) in [6.07, 6.45) is 0. The Morgan fingerprint density at radius 2 is 2.11 bits per heavy atom. The van der Waals surface area contributed by atoms with E-state index in [1.165, 1.54) is 18.7 Å². The summed E-state index contributed by atoms with van der Waals surface area (Å²) in [5.74, 6) is -1.11. The first-order valence-corrected chi connectivity index (χ1v) is 5.95. The van der Waals surface area contributed by atoms with Crippen LogP contribution in [0, 0.1) is 5.41 Å². The van der Waals surface area contributed by atoms with Gasteiger partial charge < -0.3 is 14.4 Å². The number of morpholine rings is 1. The molecule has 1 fully saturated rings. The average molecular weight is 257 g/mol. The van der Waals surface area contributed by atoms with Gasteiger partial charge in [-0.05, 0) is 20.8 Å². The maximum Gasteiger partial charge on any atom is 0.319 e. The van der Waals surface area contributed by atoms with Gasteiger partial charge in [0.05, 0.1) is 19.8 Å². The van der Waals surface area contributed by atoms with Gasteiger partial charge in [-0.1, -0.05) is 0 Å². The van der Waals surface area contributed by atoms with Crippen LogP contribution in [0.25, 0.3) is 0 Å². The Labute approximate surface area is 106 Å². The zero-order valence-electron chi connectivity index (χ0n) is 11.0. The summed E-state index contributed by atoms with van der Waals surface area (Å²) < 4.78 is 9.83. The molecule has 0 N–H and O–H groups in total. The molecule has 0 unspecified atom stereocenters. The van der Waals surface area contributed by atoms with Gasteiger partial charge in [0.1, 0.15) is 12.0 Å². The lowest BCUT2D eigenvalue weighted by Crippen LogP contribution is -2.48. The van der Waals surface area contributed by atoms with Crippen LogP contribution in [0.4, 0.5) is 0 Å². The standard InChI is InChI=1S/C12H19NO5/c1-4-18-11(16)12(2,3)9(14)7-13-5-6-17-8-10(13)15/h4-8H2,1-3H3. The van der Waals surface area contributed by atoms with Crippen LogP contribution in [0.5, 0.6) is 0 Å². The molecule has 0 aromatic rings. The predicted molar refractivity (Wildman–Crippen MR) is 62.8 cm³/mol. The summed E-state index contributed by atoms with van der Waals surface area (Å²) >= 11 is 0. The number of hydrogen-bond donors (Lipinski definition) is 0. The summed E-state index contributed by atoms with van der Waals surface area (Å²) in [6.45, 7) is 5.65. The van der Waals surface area contributed by atoms with Crippen LogP contribution in [0.2, 0.25) is 0 Å². The highest BCUT2D eigenvalue weighted by Gasteiger charge is 2.38. The van der Waals surface area contributed by atoms with Gasteiger partial charge in [0.15, 0.2) is 5.78 Å². The monoisotopic (exact) mass is 257 g/mol. The topological polar surface area (TPSA) is 72.9 Å². The summed E-state index contributed by atoms with van der Waals surface area (Å²) in [7, 11) is 0. The fourth-order valence-corrected chi connectivity index (χ4v) is 1.51. The molecule has 0 saturated carbocycles. The van der Waals surface area contributed by atoms with E-state index in [9.17, 15) is 14.4 Å². The van der Waals surface area contributed by atoms with Crippen molar-refractivity contribution in [1.29, 1.82) is 0 Å². The lowest BCUT2D eigenvalue weighted by molar-refractivity contribution is -0.160. The van der Waals surface area contributed by atoms with Crippen LogP contribution in [0.3, 0.4) is 0 Å². The second-order valence-electron chi connectivity index (χ2n) is 4.64. The van der Waals surface area contributed by atoms with Crippen LogP contribution in [0.1, 0.15) is 20.8 Å². The molecule has 1 rings (SSSR count). The normalized spacial score (nSPS) is 16.6. The van der Waals surface area contributed by atoms with E-state index in [0.717, 1.165) is 0 Å². The van der Waals surface area contributed by atoms with Crippen molar-refractivity contribution in [2.45, 2.75) is 20.8 Å². The average Bonchev–Trinajstić information content (AvgIpc) is 2.32. The SMILES string of the molecule is CCOC(=O)C(C)(C)C(=O)CN1CCOCC1=O. The second-order valence-corrected chi connectivity index (χ2v) is 4.64. The fourth-order valence-electron chi connectivity index (χ4n) is 1.51. The number of esters is 1. The number of rotatable bonds is 5. The number of ether oxygens (including phenoxy) is 2. The van der Waals surface area contributed by atoms with Gasteiger partial charge in [0, 0.05) is 6.54 Å². The zero-order chi connectivity index (χ0) is 13.8. The minimum absolute atomic E-state index is 0.00683. The van der Waals surface area contributed by atoms with Gasteiger partial charge >= 0.3 is 5.97 Å². The summed E-state index contributed by atoms with van der Waals surface area (Å²) in [5.41, 5.74) is -1.23. The van der Waals surface area contributed by atoms with Crippen LogP contribution in [-0.2, 0) is 23.9 Å². The number of ketones is 1. The molecule has 0 atom stereocenters. The molecule has 0 aliphatic carbocycles. The maximum absolute atomic E-state index is 12.1. The number of Topliss-reactive ketones (excluding diaryl/α,β-unsaturated/α-hetero) is 1. The van der Waals surface area contributed by atoms with Crippen LogP contribution in [0.15, 0.2) is 0 Å². The minimum Gasteiger partial charge on any atom is -0.465 e. The van der Waals surface area contributed by atoms with E-state index in [1.54, 1.807) is 6.92 Å². The Kier molecular flexibility index (Phi) is 4.84. The van der Waals surface area contributed by atoms with Crippen molar-refractivity contribution in [3.63, 3.8) is 0 Å². The van der Waals surface area contributed by atoms with Gasteiger partial charge in [-0.2, -0.15) is 0 Å². The lowest BCUT2D eigenvalue weighted by Gasteiger charge is -2.29. The van der Waals surface area contributed by atoms with Gasteiger partial charge in [-0.15, -0.1) is 0 Å². The Hall–Kier alpha value is -1.43. The highest BCUT2D eigenvalue weighted by atomic mass is 16.5. The quantitative estimate of drug-likeness (QED) is 0.512. The molecule has 1 heterocycles. The molecule has 0 aromatic heterocycles. The molecule has 18 heavy (non-hydrogen) atoms. The summed E-state index contributed by atoms with van der Waals surface area (Å²) in [6, 6.07) is 0. The smallest absolute Gasteiger partial charge is 0.319 e. The van der Waals surface area contributed by atoms with Crippen molar-refractivity contribution in [3.8, 4) is 0 Å². The molecule has 1 amide bonds. The first kappa shape index (κ1) is 14.6. The Bertz CT molecular complexity index is 350. The summed E-state index contributed by atoms with van der Waals surface area (Å²) in [4.78, 5) is 36.6. The molecular weight excluding hydrogens is 238 g/mol. The fraction of sp³-hybridized carbons (Fsp3) is 0.750. The maximum atomic E-state index is 12.1. The molecule has 6 nitrogen and oxygen atoms in total. The molecule has 102 valence electrons. The van der Waals surface area contributed by atoms with Crippen molar-refractivity contribution in [3.05, 3.63) is 0 Å². The Balaban J connectivity index is 2.63. The van der Waals surface area contributed by atoms with Gasteiger partial charge in [0.2, 0.25) is 5.91 Å². The molecular formula is C12H19NO5. The van der Waals surface area contributed by atoms with Crippen LogP contribution < -0.4 is 0 Å². The highest BCUT2D eigenvalue weighted by molar-refractivity contribution is 6.04. The third kappa shape index (κ3) is 3.29. The molecule has 0 bridgehead atoms. The predicted octanol–water partition coefficient (Wildman–Crippen LogP) is 0.00360. The number of amides is 1. The number of carbonyl (C=O) groups is 3. The van der Waals surface area contributed by atoms with E-state index in [0.29, 0.717) is 13.2 Å². The van der Waals surface area contributed by atoms with Crippen molar-refractivity contribution < 1.29 is 23.9 Å². The van der Waals surface area contributed by atoms with Crippen molar-refractivity contribution >= 4 is 17.7 Å². The lowest BCUT2D eigenvalue weighted by atomic mass is 9.87. The molecule has 1 aliphatic heterocycles. The number of hydrogen-bond acceptors (Lipinski definition) is 5. The van der Waals surface area contributed by atoms with Gasteiger partial charge in [-0.3, -0.25) is 14.4 Å². The molecule has 1 aliphatic rings. The van der Waals surface area contributed by atoms with E-state index in [4.69, 9.17) is 9.47 Å². The molecule has 0 spiro atoms. The van der Waals surface area contributed by atoms with E-state index >= 15 is 0 Å². The number of carbonyl (C=O) groups excluding carboxylic acids is 3. The van der Waals surface area contributed by atoms with Crippen molar-refractivity contribution in [1.82, 2.24) is 4.90 Å². The Morgan fingerprint density at radius 3 is 2.67 bits per heavy atom. The van der Waals surface area contributed by atoms with Crippen molar-refractivity contribution in [2.75, 3.05) is 32.9 Å². The molecule has 0 radical (unpaired) electrons. The third-order valence-electron chi connectivity index (χ3n) is 2.90. The van der Waals surface area contributed by atoms with Crippen LogP contribution in [-0.4, -0.2) is 55.5 Å². The second kappa shape index (κ2) is 5.95. The number of nitrogens with zero attached hydrogens (tertiary/aromatic N) is 1. The summed E-state index contributed by atoms with van der Waals surface area (Å²) in [5, 5.41) is 0. The zero-order valence-corrected chi connectivity index (χ0v) is 11.0.